The molecule has 0 aliphatic carbocycles. The summed E-state index contributed by atoms with van der Waals surface area (Å²) >= 11 is 0. The molecule has 1 aliphatic rings. The quantitative estimate of drug-likeness (QED) is 0.847. The Morgan fingerprint density at radius 1 is 1.26 bits per heavy atom. The molecule has 1 N–H and O–H groups in total. The Balaban J connectivity index is 1.54. The lowest BCUT2D eigenvalue weighted by molar-refractivity contribution is -0.131. The van der Waals surface area contributed by atoms with Crippen molar-refractivity contribution in [2.24, 2.45) is 0 Å². The fraction of sp³-hybridized carbons (Fsp3) is 0.476. The summed E-state index contributed by atoms with van der Waals surface area (Å²) in [7, 11) is 0. The van der Waals surface area contributed by atoms with Gasteiger partial charge in [-0.1, -0.05) is 37.3 Å². The molecule has 0 saturated carbocycles. The van der Waals surface area contributed by atoms with Crippen LogP contribution in [0.5, 0.6) is 6.01 Å². The number of hydrogen-bond acceptors (Lipinski definition) is 5. The number of nitrogens with zero attached hydrogens (tertiary/aromatic N) is 3. The third kappa shape index (κ3) is 5.04. The highest BCUT2D eigenvalue weighted by Gasteiger charge is 2.39. The zero-order valence-corrected chi connectivity index (χ0v) is 16.2. The van der Waals surface area contributed by atoms with Crippen LogP contribution >= 0.6 is 0 Å². The molecule has 144 valence electrons. The van der Waals surface area contributed by atoms with Crippen LogP contribution in [0.15, 0.2) is 36.4 Å². The topological polar surface area (TPSA) is 75.6 Å². The van der Waals surface area contributed by atoms with Gasteiger partial charge in [-0.2, -0.15) is 0 Å². The second-order valence-corrected chi connectivity index (χ2v) is 7.53. The van der Waals surface area contributed by atoms with Crippen LogP contribution in [0.4, 0.5) is 0 Å². The van der Waals surface area contributed by atoms with Gasteiger partial charge in [-0.25, -0.2) is 9.97 Å². The molecule has 2 atom stereocenters. The predicted molar refractivity (Wildman–Crippen MR) is 103 cm³/mol. The van der Waals surface area contributed by atoms with E-state index in [1.54, 1.807) is 4.90 Å². The van der Waals surface area contributed by atoms with Gasteiger partial charge in [-0.3, -0.25) is 4.79 Å². The lowest BCUT2D eigenvalue weighted by Gasteiger charge is -2.24. The Bertz CT molecular complexity index is 776. The predicted octanol–water partition coefficient (Wildman–Crippen LogP) is 2.63. The fourth-order valence-electron chi connectivity index (χ4n) is 3.43. The zero-order chi connectivity index (χ0) is 19.4. The summed E-state index contributed by atoms with van der Waals surface area (Å²) in [5.74, 6) is 0.206. The van der Waals surface area contributed by atoms with E-state index >= 15 is 0 Å². The van der Waals surface area contributed by atoms with Gasteiger partial charge in [0.2, 0.25) is 5.91 Å². The summed E-state index contributed by atoms with van der Waals surface area (Å²) in [5.41, 5.74) is 1.73. The van der Waals surface area contributed by atoms with E-state index in [1.807, 2.05) is 50.2 Å². The van der Waals surface area contributed by atoms with Gasteiger partial charge in [-0.05, 0) is 37.8 Å². The van der Waals surface area contributed by atoms with Gasteiger partial charge in [0, 0.05) is 24.4 Å². The highest BCUT2D eigenvalue weighted by Crippen LogP contribution is 2.26. The number of aliphatic hydroxyl groups is 1. The van der Waals surface area contributed by atoms with Crippen molar-refractivity contribution in [3.63, 3.8) is 0 Å². The molecule has 27 heavy (non-hydrogen) atoms. The maximum atomic E-state index is 12.6. The second kappa shape index (κ2) is 8.05. The number of carbonyl (C=O) groups is 1. The van der Waals surface area contributed by atoms with Crippen molar-refractivity contribution in [1.82, 2.24) is 14.9 Å². The first kappa shape index (κ1) is 19.3. The molecule has 0 bridgehead atoms. The van der Waals surface area contributed by atoms with Crippen LogP contribution in [0.3, 0.4) is 0 Å². The van der Waals surface area contributed by atoms with Gasteiger partial charge in [0.15, 0.2) is 0 Å². The van der Waals surface area contributed by atoms with E-state index < -0.39 is 5.60 Å². The van der Waals surface area contributed by atoms with E-state index in [1.165, 1.54) is 0 Å². The molecule has 6 heteroatoms. The highest BCUT2D eigenvalue weighted by molar-refractivity contribution is 5.77. The van der Waals surface area contributed by atoms with Crippen molar-refractivity contribution in [2.75, 3.05) is 19.7 Å². The van der Waals surface area contributed by atoms with Crippen molar-refractivity contribution < 1.29 is 14.6 Å². The van der Waals surface area contributed by atoms with Gasteiger partial charge in [-0.15, -0.1) is 0 Å². The number of β-amino-alcohol motifs (C(OH)–C–C–N with tert-alkyl or cyclic N) is 1. The minimum absolute atomic E-state index is 0.0601. The second-order valence-electron chi connectivity index (χ2n) is 7.53. The van der Waals surface area contributed by atoms with E-state index in [-0.39, 0.29) is 31.0 Å². The number of aromatic nitrogens is 2. The minimum Gasteiger partial charge on any atom is -0.460 e. The van der Waals surface area contributed by atoms with Gasteiger partial charge in [0.1, 0.15) is 12.2 Å². The van der Waals surface area contributed by atoms with Gasteiger partial charge in [0.25, 0.3) is 0 Å². The molecule has 1 aliphatic heterocycles. The molecule has 2 unspecified atom stereocenters. The summed E-state index contributed by atoms with van der Waals surface area (Å²) in [4.78, 5) is 22.8. The van der Waals surface area contributed by atoms with E-state index in [4.69, 9.17) is 4.74 Å². The van der Waals surface area contributed by atoms with Crippen LogP contribution in [0.2, 0.25) is 0 Å². The number of ether oxygens (including phenoxy) is 1. The van der Waals surface area contributed by atoms with Crippen LogP contribution in [0, 0.1) is 13.8 Å². The molecule has 1 saturated heterocycles. The molecule has 0 spiro atoms. The smallest absolute Gasteiger partial charge is 0.316 e. The van der Waals surface area contributed by atoms with Crippen molar-refractivity contribution >= 4 is 5.91 Å². The SMILES string of the molecule is Cc1cc(C)nc(OCC2(O)CCN(C(=O)CC(C)c3ccccc3)C2)n1. The number of benzene rings is 1. The number of aryl methyl sites for hydroxylation is 2. The lowest BCUT2D eigenvalue weighted by Crippen LogP contribution is -2.41. The van der Waals surface area contributed by atoms with Crippen LogP contribution < -0.4 is 4.74 Å². The van der Waals surface area contributed by atoms with E-state index in [0.29, 0.717) is 19.4 Å². The number of carbonyl (C=O) groups excluding carboxylic acids is 1. The summed E-state index contributed by atoms with van der Waals surface area (Å²) in [6.45, 7) is 6.69. The summed E-state index contributed by atoms with van der Waals surface area (Å²) < 4.78 is 5.62. The first-order chi connectivity index (χ1) is 12.8. The zero-order valence-electron chi connectivity index (χ0n) is 16.2. The molecular weight excluding hydrogens is 342 g/mol. The largest absolute Gasteiger partial charge is 0.460 e. The Labute approximate surface area is 160 Å². The number of amides is 1. The average Bonchev–Trinajstić information content (AvgIpc) is 3.03. The molecular formula is C21H27N3O3. The first-order valence-electron chi connectivity index (χ1n) is 9.35. The Kier molecular flexibility index (Phi) is 5.75. The monoisotopic (exact) mass is 369 g/mol. The van der Waals surface area contributed by atoms with Gasteiger partial charge < -0.3 is 14.7 Å². The molecule has 2 aromatic rings. The molecule has 1 fully saturated rings. The first-order valence-corrected chi connectivity index (χ1v) is 9.35. The van der Waals surface area contributed by atoms with Gasteiger partial charge in [0.05, 0.1) is 6.54 Å². The maximum absolute atomic E-state index is 12.6. The summed E-state index contributed by atoms with van der Waals surface area (Å²) in [6, 6.07) is 12.1. The summed E-state index contributed by atoms with van der Waals surface area (Å²) in [6.07, 6.45) is 0.921. The maximum Gasteiger partial charge on any atom is 0.316 e. The number of rotatable bonds is 6. The van der Waals surface area contributed by atoms with Crippen LogP contribution in [-0.4, -0.2) is 51.2 Å². The van der Waals surface area contributed by atoms with Crippen molar-refractivity contribution in [2.45, 2.75) is 45.1 Å². The molecule has 1 amide bonds. The third-order valence-electron chi connectivity index (χ3n) is 4.97. The Morgan fingerprint density at radius 2 is 1.93 bits per heavy atom. The average molecular weight is 369 g/mol. The molecule has 3 rings (SSSR count). The fourth-order valence-corrected chi connectivity index (χ4v) is 3.43. The highest BCUT2D eigenvalue weighted by atomic mass is 16.5. The summed E-state index contributed by atoms with van der Waals surface area (Å²) in [5, 5.41) is 10.8. The molecule has 1 aromatic heterocycles. The Morgan fingerprint density at radius 3 is 2.59 bits per heavy atom. The standard InChI is InChI=1S/C21H27N3O3/c1-15(18-7-5-4-6-8-18)11-19(25)24-10-9-21(26,13-24)14-27-20-22-16(2)12-17(3)23-20/h4-8,12,15,26H,9-11,13-14H2,1-3H3. The molecule has 1 aromatic carbocycles. The third-order valence-corrected chi connectivity index (χ3v) is 4.97. The van der Waals surface area contributed by atoms with Crippen LogP contribution in [0.1, 0.15) is 42.6 Å². The molecule has 0 radical (unpaired) electrons. The van der Waals surface area contributed by atoms with Gasteiger partial charge >= 0.3 is 6.01 Å². The van der Waals surface area contributed by atoms with Crippen molar-refractivity contribution in [1.29, 1.82) is 0 Å². The lowest BCUT2D eigenvalue weighted by atomic mass is 9.97. The normalized spacial score (nSPS) is 20.5. The molecule has 6 nitrogen and oxygen atoms in total. The van der Waals surface area contributed by atoms with E-state index in [0.717, 1.165) is 17.0 Å². The van der Waals surface area contributed by atoms with Crippen LogP contribution in [-0.2, 0) is 4.79 Å². The van der Waals surface area contributed by atoms with Crippen LogP contribution in [0.25, 0.3) is 0 Å². The minimum atomic E-state index is -1.06. The Hall–Kier alpha value is -2.47. The number of likely N-dealkylation sites (tertiary alicyclic amines) is 1. The number of hydrogen-bond donors (Lipinski definition) is 1. The molecule has 2 heterocycles. The van der Waals surface area contributed by atoms with Crippen molar-refractivity contribution in [3.8, 4) is 6.01 Å². The van der Waals surface area contributed by atoms with E-state index in [2.05, 4.69) is 16.9 Å². The van der Waals surface area contributed by atoms with E-state index in [9.17, 15) is 9.90 Å². The van der Waals surface area contributed by atoms with Crippen molar-refractivity contribution in [3.05, 3.63) is 53.3 Å².